The Bertz CT molecular complexity index is 647. The lowest BCUT2D eigenvalue weighted by Crippen LogP contribution is -2.06. The first-order valence-corrected chi connectivity index (χ1v) is 5.94. The number of rotatable bonds is 3. The summed E-state index contributed by atoms with van der Waals surface area (Å²) in [4.78, 5) is 14.9. The summed E-state index contributed by atoms with van der Waals surface area (Å²) in [6.45, 7) is 0. The highest BCUT2D eigenvalue weighted by molar-refractivity contribution is 6.42. The third-order valence-electron chi connectivity index (χ3n) is 2.40. The molecule has 0 aliphatic heterocycles. The van der Waals surface area contributed by atoms with Crippen molar-refractivity contribution in [2.24, 2.45) is 0 Å². The third kappa shape index (κ3) is 2.89. The van der Waals surface area contributed by atoms with E-state index in [1.54, 1.807) is 18.2 Å². The minimum atomic E-state index is -1.11. The number of halogens is 2. The Balaban J connectivity index is 2.35. The lowest BCUT2D eigenvalue weighted by molar-refractivity contribution is 0.0698. The molecule has 98 valence electrons. The molecule has 7 heteroatoms. The van der Waals surface area contributed by atoms with Crippen LogP contribution in [0.15, 0.2) is 30.5 Å². The Morgan fingerprint density at radius 1 is 1.26 bits per heavy atom. The van der Waals surface area contributed by atoms with Gasteiger partial charge in [-0.2, -0.15) is 0 Å². The first-order chi connectivity index (χ1) is 8.99. The molecule has 2 rings (SSSR count). The zero-order valence-electron chi connectivity index (χ0n) is 9.52. The van der Waals surface area contributed by atoms with Gasteiger partial charge in [-0.05, 0) is 24.3 Å². The molecule has 0 radical (unpaired) electrons. The molecule has 0 bridgehead atoms. The highest BCUT2D eigenvalue weighted by atomic mass is 35.5. The fourth-order valence-corrected chi connectivity index (χ4v) is 1.77. The van der Waals surface area contributed by atoms with Gasteiger partial charge in [0.2, 0.25) is 0 Å². The van der Waals surface area contributed by atoms with E-state index in [1.807, 2.05) is 0 Å². The lowest BCUT2D eigenvalue weighted by Gasteiger charge is -2.10. The Hall–Kier alpha value is -1.98. The highest BCUT2D eigenvalue weighted by Crippen LogP contribution is 2.28. The van der Waals surface area contributed by atoms with E-state index in [-0.39, 0.29) is 17.1 Å². The maximum atomic E-state index is 11.0. The van der Waals surface area contributed by atoms with E-state index in [0.29, 0.717) is 15.7 Å². The van der Waals surface area contributed by atoms with Gasteiger partial charge in [-0.15, -0.1) is 0 Å². The van der Waals surface area contributed by atoms with Gasteiger partial charge < -0.3 is 16.2 Å². The second kappa shape index (κ2) is 5.34. The number of carbonyl (C=O) groups is 1. The van der Waals surface area contributed by atoms with Gasteiger partial charge in [0.05, 0.1) is 21.3 Å². The Morgan fingerprint density at radius 3 is 2.63 bits per heavy atom. The number of nitrogens with one attached hydrogen (secondary N) is 1. The van der Waals surface area contributed by atoms with Crippen molar-refractivity contribution < 1.29 is 9.90 Å². The minimum absolute atomic E-state index is 0.0161. The second-order valence-corrected chi connectivity index (χ2v) is 4.49. The van der Waals surface area contributed by atoms with Crippen LogP contribution in [-0.4, -0.2) is 16.1 Å². The number of benzene rings is 1. The summed E-state index contributed by atoms with van der Waals surface area (Å²) in [6, 6.07) is 6.22. The summed E-state index contributed by atoms with van der Waals surface area (Å²) in [5, 5.41) is 12.7. The number of carboxylic acids is 1. The Morgan fingerprint density at radius 2 is 2.00 bits per heavy atom. The van der Waals surface area contributed by atoms with Crippen molar-refractivity contribution in [1.29, 1.82) is 0 Å². The van der Waals surface area contributed by atoms with E-state index in [0.717, 1.165) is 0 Å². The molecule has 0 saturated heterocycles. The van der Waals surface area contributed by atoms with Crippen LogP contribution in [0.3, 0.4) is 0 Å². The second-order valence-electron chi connectivity index (χ2n) is 3.68. The maximum absolute atomic E-state index is 11.0. The van der Waals surface area contributed by atoms with Gasteiger partial charge in [0.25, 0.3) is 0 Å². The molecule has 4 N–H and O–H groups in total. The van der Waals surface area contributed by atoms with Crippen molar-refractivity contribution >= 4 is 46.4 Å². The molecule has 0 spiro atoms. The standard InChI is InChI=1S/C12H9Cl2N3O2/c13-8-2-1-6(5-9(8)14)17-11-10(15)7(12(18)19)3-4-16-11/h1-5H,15H2,(H,16,17)(H,18,19). The van der Waals surface area contributed by atoms with Crippen molar-refractivity contribution in [1.82, 2.24) is 4.98 Å². The summed E-state index contributed by atoms with van der Waals surface area (Å²) < 4.78 is 0. The number of nitrogens with zero attached hydrogens (tertiary/aromatic N) is 1. The fraction of sp³-hybridized carbons (Fsp3) is 0. The van der Waals surface area contributed by atoms with Crippen molar-refractivity contribution in [3.05, 3.63) is 46.1 Å². The molecule has 0 fully saturated rings. The van der Waals surface area contributed by atoms with Crippen LogP contribution >= 0.6 is 23.2 Å². The molecule has 0 aliphatic carbocycles. The normalized spacial score (nSPS) is 10.2. The molecule has 0 atom stereocenters. The molecule has 0 unspecified atom stereocenters. The molecule has 1 aromatic carbocycles. The van der Waals surface area contributed by atoms with E-state index >= 15 is 0 Å². The monoisotopic (exact) mass is 297 g/mol. The molecule has 1 aromatic heterocycles. The number of nitrogens with two attached hydrogens (primary N) is 1. The number of aromatic nitrogens is 1. The Labute approximate surface area is 119 Å². The number of hydrogen-bond donors (Lipinski definition) is 3. The van der Waals surface area contributed by atoms with Gasteiger partial charge in [0.15, 0.2) is 5.82 Å². The number of hydrogen-bond acceptors (Lipinski definition) is 4. The molecule has 0 saturated carbocycles. The number of anilines is 3. The number of carboxylic acid groups (broad SMARTS) is 1. The van der Waals surface area contributed by atoms with Gasteiger partial charge >= 0.3 is 5.97 Å². The topological polar surface area (TPSA) is 88.2 Å². The largest absolute Gasteiger partial charge is 0.478 e. The highest BCUT2D eigenvalue weighted by Gasteiger charge is 2.12. The third-order valence-corrected chi connectivity index (χ3v) is 3.14. The van der Waals surface area contributed by atoms with Crippen LogP contribution in [0.25, 0.3) is 0 Å². The summed E-state index contributed by atoms with van der Waals surface area (Å²) in [5.41, 5.74) is 6.38. The van der Waals surface area contributed by atoms with Gasteiger partial charge in [0.1, 0.15) is 0 Å². The van der Waals surface area contributed by atoms with Gasteiger partial charge in [-0.3, -0.25) is 0 Å². The van der Waals surface area contributed by atoms with Crippen LogP contribution < -0.4 is 11.1 Å². The molecule has 5 nitrogen and oxygen atoms in total. The molecule has 19 heavy (non-hydrogen) atoms. The van der Waals surface area contributed by atoms with Gasteiger partial charge in [-0.25, -0.2) is 9.78 Å². The minimum Gasteiger partial charge on any atom is -0.478 e. The van der Waals surface area contributed by atoms with Crippen molar-refractivity contribution in [3.8, 4) is 0 Å². The summed E-state index contributed by atoms with van der Waals surface area (Å²) in [6.07, 6.45) is 1.36. The van der Waals surface area contributed by atoms with E-state index in [2.05, 4.69) is 10.3 Å². The summed E-state index contributed by atoms with van der Waals surface area (Å²) in [7, 11) is 0. The van der Waals surface area contributed by atoms with Gasteiger partial charge in [-0.1, -0.05) is 23.2 Å². The van der Waals surface area contributed by atoms with E-state index in [4.69, 9.17) is 34.0 Å². The zero-order chi connectivity index (χ0) is 14.0. The van der Waals surface area contributed by atoms with Crippen LogP contribution in [0, 0.1) is 0 Å². The predicted molar refractivity (Wildman–Crippen MR) is 75.4 cm³/mol. The van der Waals surface area contributed by atoms with E-state index in [1.165, 1.54) is 12.3 Å². The summed E-state index contributed by atoms with van der Waals surface area (Å²) >= 11 is 11.7. The number of aromatic carboxylic acids is 1. The van der Waals surface area contributed by atoms with Crippen LogP contribution in [-0.2, 0) is 0 Å². The zero-order valence-corrected chi connectivity index (χ0v) is 11.0. The quantitative estimate of drug-likeness (QED) is 0.808. The number of nitrogen functional groups attached to an aromatic ring is 1. The van der Waals surface area contributed by atoms with Crippen molar-refractivity contribution in [3.63, 3.8) is 0 Å². The number of pyridine rings is 1. The van der Waals surface area contributed by atoms with E-state index in [9.17, 15) is 4.79 Å². The van der Waals surface area contributed by atoms with Crippen molar-refractivity contribution in [2.75, 3.05) is 11.1 Å². The molecule has 0 amide bonds. The lowest BCUT2D eigenvalue weighted by atomic mass is 10.2. The fourth-order valence-electron chi connectivity index (χ4n) is 1.47. The summed E-state index contributed by atoms with van der Waals surface area (Å²) in [5.74, 6) is -0.865. The molecule has 1 heterocycles. The van der Waals surface area contributed by atoms with Crippen LogP contribution in [0.2, 0.25) is 10.0 Å². The molecular weight excluding hydrogens is 289 g/mol. The van der Waals surface area contributed by atoms with Crippen LogP contribution in [0.4, 0.5) is 17.2 Å². The van der Waals surface area contributed by atoms with E-state index < -0.39 is 5.97 Å². The Kier molecular flexibility index (Phi) is 3.78. The average molecular weight is 298 g/mol. The smallest absolute Gasteiger partial charge is 0.337 e. The predicted octanol–water partition coefficient (Wildman–Crippen LogP) is 3.41. The maximum Gasteiger partial charge on any atom is 0.337 e. The first-order valence-electron chi connectivity index (χ1n) is 5.19. The first kappa shape index (κ1) is 13.5. The van der Waals surface area contributed by atoms with Gasteiger partial charge in [0, 0.05) is 11.9 Å². The van der Waals surface area contributed by atoms with Crippen LogP contribution in [0.1, 0.15) is 10.4 Å². The molecule has 2 aromatic rings. The SMILES string of the molecule is Nc1c(C(=O)O)ccnc1Nc1ccc(Cl)c(Cl)c1. The molecule has 0 aliphatic rings. The van der Waals surface area contributed by atoms with Crippen LogP contribution in [0.5, 0.6) is 0 Å². The molecular formula is C12H9Cl2N3O2. The van der Waals surface area contributed by atoms with Crippen molar-refractivity contribution in [2.45, 2.75) is 0 Å². The average Bonchev–Trinajstić information content (AvgIpc) is 2.36.